The van der Waals surface area contributed by atoms with E-state index in [-0.39, 0.29) is 11.9 Å². The van der Waals surface area contributed by atoms with Crippen LogP contribution in [0.5, 0.6) is 0 Å². The zero-order valence-electron chi connectivity index (χ0n) is 23.0. The van der Waals surface area contributed by atoms with E-state index in [9.17, 15) is 9.59 Å². The van der Waals surface area contributed by atoms with Gasteiger partial charge in [-0.2, -0.15) is 0 Å². The summed E-state index contributed by atoms with van der Waals surface area (Å²) in [6.07, 6.45) is 2.30. The van der Waals surface area contributed by atoms with Crippen LogP contribution in [0.25, 0.3) is 10.9 Å². The fourth-order valence-electron chi connectivity index (χ4n) is 4.51. The molecular formula is C28H37N7O3. The van der Waals surface area contributed by atoms with Crippen LogP contribution >= 0.6 is 0 Å². The molecule has 0 bridgehead atoms. The summed E-state index contributed by atoms with van der Waals surface area (Å²) >= 11 is 0. The van der Waals surface area contributed by atoms with Crippen molar-refractivity contribution in [3.8, 4) is 0 Å². The minimum Gasteiger partial charge on any atom is -0.444 e. The second-order valence-corrected chi connectivity index (χ2v) is 10.8. The van der Waals surface area contributed by atoms with E-state index in [4.69, 9.17) is 9.72 Å². The van der Waals surface area contributed by atoms with E-state index in [0.717, 1.165) is 47.6 Å². The first-order valence-electron chi connectivity index (χ1n) is 13.0. The summed E-state index contributed by atoms with van der Waals surface area (Å²) < 4.78 is 5.37. The predicted molar refractivity (Wildman–Crippen MR) is 149 cm³/mol. The van der Waals surface area contributed by atoms with Crippen molar-refractivity contribution in [2.24, 2.45) is 5.92 Å². The maximum absolute atomic E-state index is 12.2. The molecule has 0 radical (unpaired) electrons. The zero-order chi connectivity index (χ0) is 27.4. The number of amides is 2. The van der Waals surface area contributed by atoms with Crippen LogP contribution in [0.15, 0.2) is 36.5 Å². The molecule has 3 heterocycles. The van der Waals surface area contributed by atoms with Crippen LogP contribution in [0.1, 0.15) is 58.5 Å². The molecule has 1 aliphatic rings. The van der Waals surface area contributed by atoms with Crippen LogP contribution < -0.4 is 20.9 Å². The normalized spacial score (nSPS) is 16.3. The number of carbonyl (C=O) groups excluding carboxylic acids is 2. The number of carbonyl (C=O) groups is 2. The SMILES string of the molecule is CC(=O)NC[C@@H]1CCN(c2cc3c(N[C@H](C)c4cccc(NC(=O)OC(C)(C)C)c4)nc(C)nc3cn2)C1. The third-order valence-electron chi connectivity index (χ3n) is 6.31. The van der Waals surface area contributed by atoms with Crippen molar-refractivity contribution in [2.45, 2.75) is 59.6 Å². The van der Waals surface area contributed by atoms with Crippen molar-refractivity contribution >= 4 is 40.2 Å². The van der Waals surface area contributed by atoms with Gasteiger partial charge in [-0.25, -0.2) is 19.7 Å². The standard InChI is InChI=1S/C28H37N7O3/c1-17(21-8-7-9-22(12-21)34-27(37)38-28(4,5)6)31-26-23-13-25(30-15-24(23)32-18(2)33-26)35-11-10-20(16-35)14-29-19(3)36/h7-9,12-13,15,17,20H,10-11,14,16H2,1-6H3,(H,29,36)(H,34,37)(H,31,32,33)/t17-,20+/m1/s1. The summed E-state index contributed by atoms with van der Waals surface area (Å²) in [5.41, 5.74) is 1.84. The average Bonchev–Trinajstić information content (AvgIpc) is 3.30. The Balaban J connectivity index is 1.52. The first-order chi connectivity index (χ1) is 18.0. The van der Waals surface area contributed by atoms with Gasteiger partial charge in [0.15, 0.2) is 0 Å². The minimum absolute atomic E-state index is 0.00390. The highest BCUT2D eigenvalue weighted by Crippen LogP contribution is 2.30. The molecule has 3 aromatic rings. The van der Waals surface area contributed by atoms with Gasteiger partial charge in [-0.15, -0.1) is 0 Å². The van der Waals surface area contributed by atoms with Crippen molar-refractivity contribution in [2.75, 3.05) is 35.2 Å². The molecule has 3 N–H and O–H groups in total. The van der Waals surface area contributed by atoms with Gasteiger partial charge in [-0.05, 0) is 70.7 Å². The van der Waals surface area contributed by atoms with Crippen LogP contribution in [0.2, 0.25) is 0 Å². The topological polar surface area (TPSA) is 121 Å². The van der Waals surface area contributed by atoms with Crippen molar-refractivity contribution in [1.29, 1.82) is 0 Å². The Morgan fingerprint density at radius 1 is 1.21 bits per heavy atom. The Morgan fingerprint density at radius 3 is 2.74 bits per heavy atom. The number of pyridine rings is 1. The Kier molecular flexibility index (Phi) is 7.99. The lowest BCUT2D eigenvalue weighted by Gasteiger charge is -2.21. The molecule has 10 heteroatoms. The number of hydrogen-bond donors (Lipinski definition) is 3. The van der Waals surface area contributed by atoms with Gasteiger partial charge in [-0.3, -0.25) is 10.1 Å². The predicted octanol–water partition coefficient (Wildman–Crippen LogP) is 4.82. The van der Waals surface area contributed by atoms with E-state index in [2.05, 4.69) is 30.8 Å². The van der Waals surface area contributed by atoms with E-state index in [0.29, 0.717) is 24.0 Å². The maximum Gasteiger partial charge on any atom is 0.412 e. The molecule has 202 valence electrons. The lowest BCUT2D eigenvalue weighted by atomic mass is 10.1. The van der Waals surface area contributed by atoms with Gasteiger partial charge in [0, 0.05) is 37.6 Å². The number of anilines is 3. The van der Waals surface area contributed by atoms with Crippen molar-refractivity contribution in [3.05, 3.63) is 47.9 Å². The number of aryl methyl sites for hydroxylation is 1. The summed E-state index contributed by atoms with van der Waals surface area (Å²) in [6.45, 7) is 13.3. The highest BCUT2D eigenvalue weighted by atomic mass is 16.6. The maximum atomic E-state index is 12.2. The number of rotatable bonds is 7. The van der Waals surface area contributed by atoms with Crippen molar-refractivity contribution < 1.29 is 14.3 Å². The Labute approximate surface area is 223 Å². The van der Waals surface area contributed by atoms with Gasteiger partial charge in [0.1, 0.15) is 23.1 Å². The molecule has 0 aliphatic carbocycles. The fourth-order valence-corrected chi connectivity index (χ4v) is 4.51. The molecule has 2 aromatic heterocycles. The van der Waals surface area contributed by atoms with Gasteiger partial charge in [0.2, 0.25) is 5.91 Å². The molecule has 0 spiro atoms. The fraction of sp³-hybridized carbons (Fsp3) is 0.464. The quantitative estimate of drug-likeness (QED) is 0.406. The summed E-state index contributed by atoms with van der Waals surface area (Å²) in [7, 11) is 0. The smallest absolute Gasteiger partial charge is 0.412 e. The number of hydrogen-bond acceptors (Lipinski definition) is 8. The molecule has 1 saturated heterocycles. The molecule has 2 amide bonds. The highest BCUT2D eigenvalue weighted by Gasteiger charge is 2.24. The average molecular weight is 520 g/mol. The summed E-state index contributed by atoms with van der Waals surface area (Å²) in [5, 5.41) is 10.1. The van der Waals surface area contributed by atoms with Gasteiger partial charge >= 0.3 is 6.09 Å². The largest absolute Gasteiger partial charge is 0.444 e. The lowest BCUT2D eigenvalue weighted by molar-refractivity contribution is -0.119. The highest BCUT2D eigenvalue weighted by molar-refractivity contribution is 5.91. The molecule has 1 aromatic carbocycles. The van der Waals surface area contributed by atoms with Crippen molar-refractivity contribution in [1.82, 2.24) is 20.3 Å². The minimum atomic E-state index is -0.572. The Bertz CT molecular complexity index is 1320. The van der Waals surface area contributed by atoms with Gasteiger partial charge in [-0.1, -0.05) is 12.1 Å². The van der Waals surface area contributed by atoms with Gasteiger partial charge < -0.3 is 20.3 Å². The molecule has 38 heavy (non-hydrogen) atoms. The van der Waals surface area contributed by atoms with E-state index in [1.165, 1.54) is 0 Å². The number of ether oxygens (including phenoxy) is 1. The second-order valence-electron chi connectivity index (χ2n) is 10.8. The Morgan fingerprint density at radius 2 is 2.00 bits per heavy atom. The molecule has 0 saturated carbocycles. The van der Waals surface area contributed by atoms with Crippen LogP contribution in [-0.2, 0) is 9.53 Å². The first-order valence-corrected chi connectivity index (χ1v) is 13.0. The zero-order valence-corrected chi connectivity index (χ0v) is 23.0. The number of aromatic nitrogens is 3. The molecule has 1 aliphatic heterocycles. The van der Waals surface area contributed by atoms with Gasteiger partial charge in [0.05, 0.1) is 17.8 Å². The summed E-state index contributed by atoms with van der Waals surface area (Å²) in [4.78, 5) is 39.7. The third-order valence-corrected chi connectivity index (χ3v) is 6.31. The first kappa shape index (κ1) is 27.1. The van der Waals surface area contributed by atoms with Gasteiger partial charge in [0.25, 0.3) is 0 Å². The van der Waals surface area contributed by atoms with Crippen molar-refractivity contribution in [3.63, 3.8) is 0 Å². The molecule has 0 unspecified atom stereocenters. The summed E-state index contributed by atoms with van der Waals surface area (Å²) in [5.74, 6) is 2.64. The number of benzene rings is 1. The molecule has 2 atom stereocenters. The second kappa shape index (κ2) is 11.2. The third kappa shape index (κ3) is 7.08. The number of fused-ring (bicyclic) bond motifs is 1. The van der Waals surface area contributed by atoms with Crippen LogP contribution in [0.4, 0.5) is 22.1 Å². The van der Waals surface area contributed by atoms with Crippen LogP contribution in [0, 0.1) is 12.8 Å². The monoisotopic (exact) mass is 519 g/mol. The molecule has 4 rings (SSSR count). The number of nitrogens with one attached hydrogen (secondary N) is 3. The lowest BCUT2D eigenvalue weighted by Crippen LogP contribution is -2.29. The summed E-state index contributed by atoms with van der Waals surface area (Å²) in [6, 6.07) is 9.59. The van der Waals surface area contributed by atoms with E-state index in [1.54, 1.807) is 13.1 Å². The molecular weight excluding hydrogens is 482 g/mol. The van der Waals surface area contributed by atoms with Crippen LogP contribution in [0.3, 0.4) is 0 Å². The van der Waals surface area contributed by atoms with E-state index < -0.39 is 11.7 Å². The van der Waals surface area contributed by atoms with E-state index >= 15 is 0 Å². The van der Waals surface area contributed by atoms with E-state index in [1.807, 2.05) is 65.0 Å². The number of nitrogens with zero attached hydrogens (tertiary/aromatic N) is 4. The Hall–Kier alpha value is -3.95. The van der Waals surface area contributed by atoms with Crippen LogP contribution in [-0.4, -0.2) is 52.2 Å². The molecule has 10 nitrogen and oxygen atoms in total. The molecule has 1 fully saturated rings.